The molecule has 0 saturated carbocycles. The summed E-state index contributed by atoms with van der Waals surface area (Å²) in [6.45, 7) is 6.53. The fraction of sp³-hybridized carbons (Fsp3) is 0.500. The van der Waals surface area contributed by atoms with E-state index in [1.54, 1.807) is 11.8 Å². The van der Waals surface area contributed by atoms with Crippen LogP contribution in [0.15, 0.2) is 29.4 Å². The smallest absolute Gasteiger partial charge is 0.195 e. The van der Waals surface area contributed by atoms with E-state index in [0.717, 1.165) is 55.3 Å². The number of hydrogen-bond donors (Lipinski definition) is 1. The Morgan fingerprint density at radius 1 is 1.33 bits per heavy atom. The van der Waals surface area contributed by atoms with Crippen molar-refractivity contribution in [2.45, 2.75) is 18.1 Å². The van der Waals surface area contributed by atoms with E-state index < -0.39 is 0 Å². The Kier molecular flexibility index (Phi) is 6.13. The highest BCUT2D eigenvalue weighted by atomic mass is 35.5. The van der Waals surface area contributed by atoms with Crippen LogP contribution in [0, 0.1) is 0 Å². The normalized spacial score (nSPS) is 17.1. The fourth-order valence-electron chi connectivity index (χ4n) is 2.62. The number of aromatic nitrogens is 3. The minimum absolute atomic E-state index is 0.204. The average molecular weight is 368 g/mol. The maximum Gasteiger partial charge on any atom is 0.195 e. The van der Waals surface area contributed by atoms with Crippen molar-refractivity contribution < 1.29 is 4.74 Å². The molecule has 2 N–H and O–H groups in total. The van der Waals surface area contributed by atoms with E-state index in [0.29, 0.717) is 5.02 Å². The molecule has 8 heteroatoms. The quantitative estimate of drug-likeness (QED) is 0.790. The maximum absolute atomic E-state index is 6.14. The molecule has 0 aliphatic carbocycles. The largest absolute Gasteiger partial charge is 0.379 e. The molecule has 2 aromatic rings. The third kappa shape index (κ3) is 4.29. The van der Waals surface area contributed by atoms with Crippen LogP contribution in [0.25, 0.3) is 5.69 Å². The van der Waals surface area contributed by atoms with Gasteiger partial charge in [-0.05, 0) is 25.1 Å². The number of morpholine rings is 1. The molecule has 0 radical (unpaired) electrons. The van der Waals surface area contributed by atoms with Crippen LogP contribution in [0.2, 0.25) is 5.02 Å². The van der Waals surface area contributed by atoms with E-state index in [2.05, 4.69) is 15.1 Å². The number of ether oxygens (including phenoxy) is 1. The minimum Gasteiger partial charge on any atom is -0.379 e. The first-order valence-corrected chi connectivity index (χ1v) is 9.41. The van der Waals surface area contributed by atoms with Crippen LogP contribution in [-0.2, 0) is 4.74 Å². The lowest BCUT2D eigenvalue weighted by atomic mass is 10.3. The van der Waals surface area contributed by atoms with Gasteiger partial charge in [-0.1, -0.05) is 29.4 Å². The molecule has 1 fully saturated rings. The van der Waals surface area contributed by atoms with Gasteiger partial charge >= 0.3 is 0 Å². The van der Waals surface area contributed by atoms with Gasteiger partial charge in [-0.15, -0.1) is 10.2 Å². The third-order valence-corrected chi connectivity index (χ3v) is 5.02. The van der Waals surface area contributed by atoms with E-state index >= 15 is 0 Å². The van der Waals surface area contributed by atoms with Crippen LogP contribution in [-0.4, -0.2) is 58.3 Å². The molecule has 1 aromatic heterocycles. The van der Waals surface area contributed by atoms with Gasteiger partial charge in [-0.3, -0.25) is 9.47 Å². The molecule has 0 spiro atoms. The van der Waals surface area contributed by atoms with Gasteiger partial charge < -0.3 is 10.5 Å². The first-order chi connectivity index (χ1) is 11.6. The molecular weight excluding hydrogens is 346 g/mol. The highest BCUT2D eigenvalue weighted by molar-refractivity contribution is 7.99. The van der Waals surface area contributed by atoms with E-state index in [-0.39, 0.29) is 6.04 Å². The van der Waals surface area contributed by atoms with E-state index in [1.807, 2.05) is 35.8 Å². The SMILES string of the molecule is C[C@H](N)c1nnc(SCCN2CCOCC2)n1-c1cccc(Cl)c1. The standard InChI is InChI=1S/C16H22ClN5OS/c1-12(18)15-19-20-16(22(15)14-4-2-3-13(17)11-14)24-10-7-21-5-8-23-9-6-21/h2-4,11-12H,5-10,18H2,1H3/t12-/m0/s1. The van der Waals surface area contributed by atoms with Crippen LogP contribution in [0.5, 0.6) is 0 Å². The van der Waals surface area contributed by atoms with Crippen molar-refractivity contribution in [3.63, 3.8) is 0 Å². The van der Waals surface area contributed by atoms with Crippen LogP contribution >= 0.6 is 23.4 Å². The molecule has 1 aliphatic heterocycles. The van der Waals surface area contributed by atoms with E-state index in [4.69, 9.17) is 22.1 Å². The molecule has 6 nitrogen and oxygen atoms in total. The summed E-state index contributed by atoms with van der Waals surface area (Å²) in [4.78, 5) is 2.41. The maximum atomic E-state index is 6.14. The first-order valence-electron chi connectivity index (χ1n) is 8.05. The highest BCUT2D eigenvalue weighted by Crippen LogP contribution is 2.26. The molecule has 24 heavy (non-hydrogen) atoms. The van der Waals surface area contributed by atoms with Gasteiger partial charge in [0.1, 0.15) is 0 Å². The zero-order valence-corrected chi connectivity index (χ0v) is 15.3. The second-order valence-electron chi connectivity index (χ2n) is 5.75. The number of halogens is 1. The molecule has 1 aliphatic rings. The average Bonchev–Trinajstić information content (AvgIpc) is 3.00. The van der Waals surface area contributed by atoms with Crippen molar-refractivity contribution in [2.24, 2.45) is 5.73 Å². The Bertz CT molecular complexity index is 672. The molecule has 0 bridgehead atoms. The molecule has 1 aromatic carbocycles. The highest BCUT2D eigenvalue weighted by Gasteiger charge is 2.18. The van der Waals surface area contributed by atoms with Gasteiger partial charge in [-0.25, -0.2) is 0 Å². The number of benzene rings is 1. The summed E-state index contributed by atoms with van der Waals surface area (Å²) in [5, 5.41) is 10.1. The van der Waals surface area contributed by atoms with E-state index in [9.17, 15) is 0 Å². The summed E-state index contributed by atoms with van der Waals surface area (Å²) < 4.78 is 7.38. The van der Waals surface area contributed by atoms with Gasteiger partial charge in [0.15, 0.2) is 11.0 Å². The van der Waals surface area contributed by atoms with Crippen molar-refractivity contribution in [1.29, 1.82) is 0 Å². The van der Waals surface area contributed by atoms with Crippen LogP contribution in [0.1, 0.15) is 18.8 Å². The van der Waals surface area contributed by atoms with Gasteiger partial charge in [0.2, 0.25) is 0 Å². The molecular formula is C16H22ClN5OS. The molecule has 3 rings (SSSR count). The van der Waals surface area contributed by atoms with Crippen molar-refractivity contribution in [2.75, 3.05) is 38.6 Å². The topological polar surface area (TPSA) is 69.2 Å². The number of nitrogens with zero attached hydrogens (tertiary/aromatic N) is 4. The predicted molar refractivity (Wildman–Crippen MR) is 97.0 cm³/mol. The summed E-state index contributed by atoms with van der Waals surface area (Å²) in [5.74, 6) is 1.68. The fourth-order valence-corrected chi connectivity index (χ4v) is 3.76. The second-order valence-corrected chi connectivity index (χ2v) is 7.25. The van der Waals surface area contributed by atoms with Crippen molar-refractivity contribution in [1.82, 2.24) is 19.7 Å². The third-order valence-electron chi connectivity index (χ3n) is 3.87. The predicted octanol–water partition coefficient (Wildman–Crippen LogP) is 2.36. The molecule has 0 amide bonds. The molecule has 130 valence electrons. The lowest BCUT2D eigenvalue weighted by Gasteiger charge is -2.26. The Balaban J connectivity index is 1.75. The molecule has 2 heterocycles. The Morgan fingerprint density at radius 2 is 2.12 bits per heavy atom. The molecule has 0 unspecified atom stereocenters. The van der Waals surface area contributed by atoms with Gasteiger partial charge in [0, 0.05) is 30.4 Å². The number of nitrogens with two attached hydrogens (primary N) is 1. The van der Waals surface area contributed by atoms with E-state index in [1.165, 1.54) is 0 Å². The summed E-state index contributed by atoms with van der Waals surface area (Å²) in [6.07, 6.45) is 0. The number of thioether (sulfide) groups is 1. The first kappa shape index (κ1) is 17.7. The van der Waals surface area contributed by atoms with Crippen LogP contribution in [0.4, 0.5) is 0 Å². The summed E-state index contributed by atoms with van der Waals surface area (Å²) in [6, 6.07) is 7.47. The van der Waals surface area contributed by atoms with Crippen molar-refractivity contribution >= 4 is 23.4 Å². The van der Waals surface area contributed by atoms with Gasteiger partial charge in [0.25, 0.3) is 0 Å². The lowest BCUT2D eigenvalue weighted by molar-refractivity contribution is 0.0410. The van der Waals surface area contributed by atoms with Gasteiger partial charge in [0.05, 0.1) is 24.9 Å². The zero-order valence-electron chi connectivity index (χ0n) is 13.7. The van der Waals surface area contributed by atoms with Crippen LogP contribution in [0.3, 0.4) is 0 Å². The summed E-state index contributed by atoms with van der Waals surface area (Å²) in [7, 11) is 0. The summed E-state index contributed by atoms with van der Waals surface area (Å²) in [5.41, 5.74) is 7.00. The Hall–Kier alpha value is -1.12. The molecule has 1 saturated heterocycles. The zero-order chi connectivity index (χ0) is 16.9. The molecule has 1 atom stereocenters. The lowest BCUT2D eigenvalue weighted by Crippen LogP contribution is -2.37. The number of rotatable bonds is 6. The number of hydrogen-bond acceptors (Lipinski definition) is 6. The Labute approximate surface area is 151 Å². The monoisotopic (exact) mass is 367 g/mol. The van der Waals surface area contributed by atoms with Crippen LogP contribution < -0.4 is 5.73 Å². The summed E-state index contributed by atoms with van der Waals surface area (Å²) >= 11 is 7.83. The van der Waals surface area contributed by atoms with Crippen molar-refractivity contribution in [3.8, 4) is 5.69 Å². The van der Waals surface area contributed by atoms with Crippen molar-refractivity contribution in [3.05, 3.63) is 35.1 Å². The Morgan fingerprint density at radius 3 is 2.83 bits per heavy atom. The minimum atomic E-state index is -0.204. The van der Waals surface area contributed by atoms with Gasteiger partial charge in [-0.2, -0.15) is 0 Å². The second kappa shape index (κ2) is 8.31.